The Bertz CT molecular complexity index is 587. The van der Waals surface area contributed by atoms with Crippen LogP contribution in [0.2, 0.25) is 10.0 Å². The molecule has 0 aliphatic heterocycles. The molecule has 4 bridgehead atoms. The van der Waals surface area contributed by atoms with Crippen LogP contribution in [0.3, 0.4) is 0 Å². The van der Waals surface area contributed by atoms with E-state index in [0.717, 1.165) is 17.8 Å². The van der Waals surface area contributed by atoms with Crippen LogP contribution in [0.4, 0.5) is 0 Å². The zero-order valence-corrected chi connectivity index (χ0v) is 15.0. The second-order valence-corrected chi connectivity index (χ2v) is 9.01. The van der Waals surface area contributed by atoms with E-state index in [9.17, 15) is 4.79 Å². The molecular weight excluding hydrogens is 329 g/mol. The largest absolute Gasteiger partial charge is 0.349 e. The Balaban J connectivity index is 1.51. The Morgan fingerprint density at radius 3 is 2.00 bits per heavy atom. The van der Waals surface area contributed by atoms with Gasteiger partial charge in [0.15, 0.2) is 0 Å². The quantitative estimate of drug-likeness (QED) is 0.783. The minimum atomic E-state index is -0.0577. The third-order valence-corrected chi connectivity index (χ3v) is 6.91. The summed E-state index contributed by atoms with van der Waals surface area (Å²) in [5.41, 5.74) is 0.867. The number of carbonyl (C=O) groups is 1. The van der Waals surface area contributed by atoms with Gasteiger partial charge in [0, 0.05) is 21.7 Å². The molecular formula is C19H23Cl2NO. The number of hydrogen-bond donors (Lipinski definition) is 1. The van der Waals surface area contributed by atoms with E-state index in [1.165, 1.54) is 38.5 Å². The Morgan fingerprint density at radius 2 is 1.52 bits per heavy atom. The maximum absolute atomic E-state index is 12.6. The van der Waals surface area contributed by atoms with Crippen molar-refractivity contribution in [3.8, 4) is 0 Å². The second-order valence-electron chi connectivity index (χ2n) is 8.13. The first-order chi connectivity index (χ1) is 10.9. The molecule has 124 valence electrons. The van der Waals surface area contributed by atoms with Gasteiger partial charge in [-0.25, -0.2) is 0 Å². The van der Waals surface area contributed by atoms with E-state index in [0.29, 0.717) is 21.0 Å². The van der Waals surface area contributed by atoms with Crippen LogP contribution in [0, 0.1) is 23.2 Å². The molecule has 1 N–H and O–H groups in total. The van der Waals surface area contributed by atoms with Gasteiger partial charge >= 0.3 is 0 Å². The fourth-order valence-electron chi connectivity index (χ4n) is 5.83. The van der Waals surface area contributed by atoms with Gasteiger partial charge in [-0.2, -0.15) is 0 Å². The van der Waals surface area contributed by atoms with E-state index in [2.05, 4.69) is 12.2 Å². The molecule has 4 heteroatoms. The van der Waals surface area contributed by atoms with Gasteiger partial charge in [0.25, 0.3) is 5.91 Å². The fraction of sp³-hybridized carbons (Fsp3) is 0.632. The normalized spacial score (nSPS) is 36.0. The van der Waals surface area contributed by atoms with E-state index in [1.807, 2.05) is 0 Å². The summed E-state index contributed by atoms with van der Waals surface area (Å²) >= 11 is 12.0. The first-order valence-electron chi connectivity index (χ1n) is 8.70. The van der Waals surface area contributed by atoms with Crippen LogP contribution in [0.5, 0.6) is 0 Å². The van der Waals surface area contributed by atoms with Crippen molar-refractivity contribution in [1.29, 1.82) is 0 Å². The Hall–Kier alpha value is -0.730. The molecule has 2 nitrogen and oxygen atoms in total. The van der Waals surface area contributed by atoms with Crippen LogP contribution in [0.15, 0.2) is 18.2 Å². The van der Waals surface area contributed by atoms with Gasteiger partial charge < -0.3 is 5.32 Å². The fourth-order valence-corrected chi connectivity index (χ4v) is 6.35. The highest BCUT2D eigenvalue weighted by Gasteiger charge is 2.53. The van der Waals surface area contributed by atoms with Crippen molar-refractivity contribution in [3.63, 3.8) is 0 Å². The molecule has 1 atom stereocenters. The van der Waals surface area contributed by atoms with Crippen molar-refractivity contribution in [2.45, 2.75) is 51.5 Å². The van der Waals surface area contributed by atoms with E-state index in [1.54, 1.807) is 18.2 Å². The van der Waals surface area contributed by atoms with Gasteiger partial charge in [-0.05, 0) is 86.8 Å². The van der Waals surface area contributed by atoms with E-state index in [4.69, 9.17) is 23.2 Å². The van der Waals surface area contributed by atoms with Crippen molar-refractivity contribution in [2.75, 3.05) is 0 Å². The van der Waals surface area contributed by atoms with Crippen molar-refractivity contribution < 1.29 is 4.79 Å². The molecule has 0 saturated heterocycles. The number of halogens is 2. The van der Waals surface area contributed by atoms with Crippen LogP contribution in [-0.4, -0.2) is 11.9 Å². The molecule has 1 amide bonds. The summed E-state index contributed by atoms with van der Waals surface area (Å²) in [6.07, 6.45) is 8.13. The summed E-state index contributed by atoms with van der Waals surface area (Å²) in [6, 6.07) is 5.24. The lowest BCUT2D eigenvalue weighted by atomic mass is 9.48. The van der Waals surface area contributed by atoms with Crippen LogP contribution in [0.1, 0.15) is 55.8 Å². The molecule has 4 aliphatic carbocycles. The molecule has 1 aromatic rings. The molecule has 0 aromatic heterocycles. The first-order valence-corrected chi connectivity index (χ1v) is 9.46. The van der Waals surface area contributed by atoms with Gasteiger partial charge in [0.1, 0.15) is 0 Å². The molecule has 1 aromatic carbocycles. The van der Waals surface area contributed by atoms with Crippen molar-refractivity contribution in [1.82, 2.24) is 5.32 Å². The van der Waals surface area contributed by atoms with Crippen LogP contribution >= 0.6 is 23.2 Å². The molecule has 4 fully saturated rings. The van der Waals surface area contributed by atoms with E-state index < -0.39 is 0 Å². The highest BCUT2D eigenvalue weighted by atomic mass is 35.5. The van der Waals surface area contributed by atoms with Crippen molar-refractivity contribution in [2.24, 2.45) is 23.2 Å². The van der Waals surface area contributed by atoms with Gasteiger partial charge in [-0.1, -0.05) is 23.2 Å². The molecule has 5 rings (SSSR count). The lowest BCUT2D eigenvalue weighted by Crippen LogP contribution is -2.55. The predicted octanol–water partition coefficient (Wildman–Crippen LogP) is 5.33. The smallest absolute Gasteiger partial charge is 0.251 e. The molecule has 0 spiro atoms. The van der Waals surface area contributed by atoms with Gasteiger partial charge in [-0.15, -0.1) is 0 Å². The highest BCUT2D eigenvalue weighted by molar-refractivity contribution is 6.35. The lowest BCUT2D eigenvalue weighted by molar-refractivity contribution is -0.0688. The van der Waals surface area contributed by atoms with Crippen molar-refractivity contribution >= 4 is 29.1 Å². The molecule has 23 heavy (non-hydrogen) atoms. The third kappa shape index (κ3) is 2.89. The number of amides is 1. The van der Waals surface area contributed by atoms with Gasteiger partial charge in [-0.3, -0.25) is 4.79 Å². The number of rotatable bonds is 3. The molecule has 0 radical (unpaired) electrons. The third-order valence-electron chi connectivity index (χ3n) is 6.48. The zero-order chi connectivity index (χ0) is 16.2. The summed E-state index contributed by atoms with van der Waals surface area (Å²) in [4.78, 5) is 12.6. The minimum Gasteiger partial charge on any atom is -0.349 e. The maximum Gasteiger partial charge on any atom is 0.251 e. The number of hydrogen-bond acceptors (Lipinski definition) is 1. The average Bonchev–Trinajstić information content (AvgIpc) is 2.44. The predicted molar refractivity (Wildman–Crippen MR) is 94.0 cm³/mol. The second kappa shape index (κ2) is 5.67. The first kappa shape index (κ1) is 15.8. The summed E-state index contributed by atoms with van der Waals surface area (Å²) in [7, 11) is 0. The van der Waals surface area contributed by atoms with E-state index >= 15 is 0 Å². The van der Waals surface area contributed by atoms with Gasteiger partial charge in [0.05, 0.1) is 0 Å². The zero-order valence-electron chi connectivity index (χ0n) is 13.4. The van der Waals surface area contributed by atoms with Crippen LogP contribution in [-0.2, 0) is 0 Å². The average molecular weight is 352 g/mol. The Kier molecular flexibility index (Phi) is 3.89. The van der Waals surface area contributed by atoms with Crippen molar-refractivity contribution in [3.05, 3.63) is 33.8 Å². The monoisotopic (exact) mass is 351 g/mol. The summed E-state index contributed by atoms with van der Waals surface area (Å²) in [5, 5.41) is 4.26. The number of carbonyl (C=O) groups excluding carboxylic acids is 1. The van der Waals surface area contributed by atoms with Crippen LogP contribution < -0.4 is 5.32 Å². The van der Waals surface area contributed by atoms with E-state index in [-0.39, 0.29) is 11.9 Å². The van der Waals surface area contributed by atoms with Crippen LogP contribution in [0.25, 0.3) is 0 Å². The molecule has 0 unspecified atom stereocenters. The molecule has 4 saturated carbocycles. The molecule has 0 heterocycles. The number of nitrogens with one attached hydrogen (secondary N) is 1. The summed E-state index contributed by atoms with van der Waals surface area (Å²) in [6.45, 7) is 2.19. The Labute approximate surface area is 147 Å². The highest BCUT2D eigenvalue weighted by Crippen LogP contribution is 2.61. The standard InChI is InChI=1S/C19H23Cl2NO/c1-11(22-18(23)15-5-16(20)7-17(21)6-15)19-8-12-2-13(9-19)4-14(3-12)10-19/h5-7,11-14H,2-4,8-10H2,1H3,(H,22,23)/t11-,12?,13?,14?,19?/m1/s1. The maximum atomic E-state index is 12.6. The lowest BCUT2D eigenvalue weighted by Gasteiger charge is -2.59. The summed E-state index contributed by atoms with van der Waals surface area (Å²) < 4.78 is 0. The van der Waals surface area contributed by atoms with Gasteiger partial charge in [0.2, 0.25) is 0 Å². The minimum absolute atomic E-state index is 0.0577. The SMILES string of the molecule is C[C@@H](NC(=O)c1cc(Cl)cc(Cl)c1)C12CC3CC(CC(C3)C1)C2. The Morgan fingerprint density at radius 1 is 1.04 bits per heavy atom. The topological polar surface area (TPSA) is 29.1 Å². The molecule has 4 aliphatic rings. The number of benzene rings is 1. The summed E-state index contributed by atoms with van der Waals surface area (Å²) in [5.74, 6) is 2.61.